The second kappa shape index (κ2) is 4.01. The molecule has 1 amide bonds. The van der Waals surface area contributed by atoms with E-state index in [9.17, 15) is 4.79 Å². The van der Waals surface area contributed by atoms with Crippen molar-refractivity contribution in [1.82, 2.24) is 4.90 Å². The van der Waals surface area contributed by atoms with E-state index in [0.717, 1.165) is 15.6 Å². The van der Waals surface area contributed by atoms with E-state index in [1.165, 1.54) is 4.90 Å². The molecule has 0 spiro atoms. The number of amides is 1. The zero-order valence-corrected chi connectivity index (χ0v) is 11.2. The van der Waals surface area contributed by atoms with Crippen LogP contribution >= 0.6 is 15.9 Å². The zero-order valence-electron chi connectivity index (χ0n) is 9.57. The third-order valence-corrected chi connectivity index (χ3v) is 3.27. The molecule has 17 heavy (non-hydrogen) atoms. The third kappa shape index (κ3) is 1.87. The summed E-state index contributed by atoms with van der Waals surface area (Å²) >= 11 is 3.36. The van der Waals surface area contributed by atoms with Gasteiger partial charge in [0.1, 0.15) is 0 Å². The number of halogens is 1. The van der Waals surface area contributed by atoms with Gasteiger partial charge in [-0.25, -0.2) is 6.57 Å². The lowest BCUT2D eigenvalue weighted by molar-refractivity contribution is -0.129. The number of benzene rings is 1. The highest BCUT2D eigenvalue weighted by molar-refractivity contribution is 9.10. The molecule has 0 heterocycles. The molecule has 0 N–H and O–H groups in total. The lowest BCUT2D eigenvalue weighted by Crippen LogP contribution is -2.35. The molecule has 1 atom stereocenters. The summed E-state index contributed by atoms with van der Waals surface area (Å²) in [6.07, 6.45) is 1.73. The van der Waals surface area contributed by atoms with Gasteiger partial charge in [-0.1, -0.05) is 28.1 Å². The maximum atomic E-state index is 12.0. The fourth-order valence-corrected chi connectivity index (χ4v) is 2.03. The second-order valence-corrected chi connectivity index (χ2v) is 5.06. The highest BCUT2D eigenvalue weighted by Crippen LogP contribution is 2.47. The summed E-state index contributed by atoms with van der Waals surface area (Å²) in [4.78, 5) is 16.9. The Balaban J connectivity index is 2.28. The molecule has 3 nitrogen and oxygen atoms in total. The number of rotatable bonds is 2. The van der Waals surface area contributed by atoms with Crippen molar-refractivity contribution in [3.05, 3.63) is 51.8 Å². The minimum atomic E-state index is -1.06. The van der Waals surface area contributed by atoms with Gasteiger partial charge in [0.05, 0.1) is 5.57 Å². The van der Waals surface area contributed by atoms with Crippen LogP contribution in [0.1, 0.15) is 5.56 Å². The first-order valence-corrected chi connectivity index (χ1v) is 5.90. The Bertz CT molecular complexity index is 540. The van der Waals surface area contributed by atoms with Gasteiger partial charge in [-0.2, -0.15) is 0 Å². The summed E-state index contributed by atoms with van der Waals surface area (Å²) in [6.45, 7) is 7.23. The number of hydrogen-bond donors (Lipinski definition) is 0. The van der Waals surface area contributed by atoms with Gasteiger partial charge >= 0.3 is 11.4 Å². The van der Waals surface area contributed by atoms with Crippen LogP contribution in [-0.2, 0) is 4.79 Å². The zero-order chi connectivity index (χ0) is 12.6. The topological polar surface area (TPSA) is 24.7 Å². The Hall–Kier alpha value is -1.60. The Labute approximate surface area is 109 Å². The molecule has 1 aliphatic rings. The molecule has 0 aromatic heterocycles. The molecule has 86 valence electrons. The summed E-state index contributed by atoms with van der Waals surface area (Å²) in [5.41, 5.74) is 0.676. The van der Waals surface area contributed by atoms with E-state index in [-0.39, 0.29) is 5.91 Å². The summed E-state index contributed by atoms with van der Waals surface area (Å²) < 4.78 is 0.981. The first kappa shape index (κ1) is 11.9. The van der Waals surface area contributed by atoms with Crippen molar-refractivity contribution in [3.63, 3.8) is 0 Å². The van der Waals surface area contributed by atoms with Gasteiger partial charge in [-0.3, -0.25) is 9.64 Å². The molecule has 1 aliphatic carbocycles. The number of carbonyl (C=O) groups excluding carboxylic acids is 1. The number of carbonyl (C=O) groups is 1. The highest BCUT2D eigenvalue weighted by Gasteiger charge is 2.60. The quantitative estimate of drug-likeness (QED) is 0.769. The number of hydrogen-bond acceptors (Lipinski definition) is 1. The van der Waals surface area contributed by atoms with Crippen LogP contribution in [-0.4, -0.2) is 30.4 Å². The molecule has 4 heteroatoms. The van der Waals surface area contributed by atoms with Gasteiger partial charge in [-0.15, -0.1) is 0 Å². The summed E-state index contributed by atoms with van der Waals surface area (Å²) in [7, 11) is 3.33. The predicted molar refractivity (Wildman–Crippen MR) is 70.1 cm³/mol. The monoisotopic (exact) mass is 290 g/mol. The van der Waals surface area contributed by atoms with Crippen molar-refractivity contribution in [1.29, 1.82) is 0 Å². The fraction of sp³-hybridized carbons (Fsp3) is 0.231. The van der Waals surface area contributed by atoms with E-state index in [1.54, 1.807) is 20.2 Å². The summed E-state index contributed by atoms with van der Waals surface area (Å²) in [5.74, 6) is -0.176. The number of nitrogens with zero attached hydrogens (tertiary/aromatic N) is 2. The van der Waals surface area contributed by atoms with Crippen molar-refractivity contribution < 1.29 is 4.79 Å². The summed E-state index contributed by atoms with van der Waals surface area (Å²) in [6, 6.07) is 7.63. The van der Waals surface area contributed by atoms with Gasteiger partial charge in [0.2, 0.25) is 0 Å². The van der Waals surface area contributed by atoms with Crippen LogP contribution in [0.25, 0.3) is 10.4 Å². The van der Waals surface area contributed by atoms with Gasteiger partial charge in [0, 0.05) is 24.6 Å². The molecule has 0 aliphatic heterocycles. The Kier molecular flexibility index (Phi) is 2.80. The Morgan fingerprint density at radius 3 is 2.41 bits per heavy atom. The van der Waals surface area contributed by atoms with Gasteiger partial charge in [0.15, 0.2) is 0 Å². The van der Waals surface area contributed by atoms with Crippen LogP contribution in [0.5, 0.6) is 0 Å². The normalized spacial score (nSPS) is 21.4. The molecule has 2 rings (SSSR count). The molecule has 0 saturated carbocycles. The number of likely N-dealkylation sites (N-methyl/N-ethyl adjacent to an activating group) is 1. The smallest absolute Gasteiger partial charge is 0.341 e. The van der Waals surface area contributed by atoms with Crippen LogP contribution < -0.4 is 0 Å². The second-order valence-electron chi connectivity index (χ2n) is 4.14. The Morgan fingerprint density at radius 2 is 1.94 bits per heavy atom. The van der Waals surface area contributed by atoms with E-state index in [4.69, 9.17) is 6.57 Å². The van der Waals surface area contributed by atoms with Gasteiger partial charge in [-0.05, 0) is 17.7 Å². The van der Waals surface area contributed by atoms with Crippen LogP contribution in [0.3, 0.4) is 0 Å². The van der Waals surface area contributed by atoms with Crippen LogP contribution in [0.15, 0.2) is 34.8 Å². The average molecular weight is 291 g/mol. The Morgan fingerprint density at radius 1 is 1.35 bits per heavy atom. The fourth-order valence-electron chi connectivity index (χ4n) is 1.76. The maximum Gasteiger partial charge on any atom is 0.353 e. The standard InChI is InChI=1S/C13H11BrN2O/c1-15-13(12(17)16(2)3)8-11(13)9-4-6-10(14)7-5-9/h4-8H,2-3H3/t13-/m0/s1. The minimum absolute atomic E-state index is 0.176. The summed E-state index contributed by atoms with van der Waals surface area (Å²) in [5, 5.41) is 0. The van der Waals surface area contributed by atoms with Crippen molar-refractivity contribution in [2.75, 3.05) is 14.1 Å². The van der Waals surface area contributed by atoms with E-state index < -0.39 is 5.54 Å². The van der Waals surface area contributed by atoms with Crippen LogP contribution in [0, 0.1) is 6.57 Å². The first-order chi connectivity index (χ1) is 8.01. The highest BCUT2D eigenvalue weighted by atomic mass is 79.9. The van der Waals surface area contributed by atoms with E-state index >= 15 is 0 Å². The molecular formula is C13H11BrN2O. The molecule has 0 fully saturated rings. The molecule has 1 aromatic carbocycles. The van der Waals surface area contributed by atoms with E-state index in [0.29, 0.717) is 0 Å². The van der Waals surface area contributed by atoms with E-state index in [1.807, 2.05) is 24.3 Å². The average Bonchev–Trinajstić information content (AvgIpc) is 3.05. The SMILES string of the molecule is [C-]#[N+][C@@]1(C(=O)N(C)C)C=C1c1ccc(Br)cc1. The van der Waals surface area contributed by atoms with Crippen molar-refractivity contribution in [3.8, 4) is 0 Å². The maximum absolute atomic E-state index is 12.0. The van der Waals surface area contributed by atoms with Crippen LogP contribution in [0.4, 0.5) is 0 Å². The van der Waals surface area contributed by atoms with E-state index in [2.05, 4.69) is 20.8 Å². The molecule has 0 unspecified atom stereocenters. The van der Waals surface area contributed by atoms with Crippen molar-refractivity contribution >= 4 is 27.4 Å². The van der Waals surface area contributed by atoms with Crippen molar-refractivity contribution in [2.24, 2.45) is 0 Å². The molecule has 0 radical (unpaired) electrons. The molecule has 0 bridgehead atoms. The third-order valence-electron chi connectivity index (χ3n) is 2.74. The first-order valence-electron chi connectivity index (χ1n) is 5.11. The lowest BCUT2D eigenvalue weighted by Gasteiger charge is -2.12. The predicted octanol–water partition coefficient (Wildman–Crippen LogP) is 2.59. The largest absolute Gasteiger partial charge is 0.353 e. The van der Waals surface area contributed by atoms with Crippen LogP contribution in [0.2, 0.25) is 0 Å². The molecule has 1 aromatic rings. The minimum Gasteiger partial charge on any atom is -0.341 e. The lowest BCUT2D eigenvalue weighted by atomic mass is 10.0. The molecule has 0 saturated heterocycles. The molecular weight excluding hydrogens is 280 g/mol. The van der Waals surface area contributed by atoms with Gasteiger partial charge in [0.25, 0.3) is 0 Å². The van der Waals surface area contributed by atoms with Crippen molar-refractivity contribution in [2.45, 2.75) is 5.54 Å². The van der Waals surface area contributed by atoms with Gasteiger partial charge < -0.3 is 4.90 Å².